The molecule has 0 aromatic rings. The van der Waals surface area contributed by atoms with Gasteiger partial charge in [-0.2, -0.15) is 0 Å². The summed E-state index contributed by atoms with van der Waals surface area (Å²) in [6.45, 7) is 5.88. The van der Waals surface area contributed by atoms with E-state index in [0.717, 1.165) is 12.8 Å². The van der Waals surface area contributed by atoms with Crippen molar-refractivity contribution in [2.45, 2.75) is 38.6 Å². The third-order valence-electron chi connectivity index (χ3n) is 2.82. The van der Waals surface area contributed by atoms with E-state index in [-0.39, 0.29) is 11.8 Å². The lowest BCUT2D eigenvalue weighted by molar-refractivity contribution is -0.121. The molecule has 0 saturated heterocycles. The molecule has 0 aliphatic rings. The normalized spacial score (nSPS) is 12.6. The van der Waals surface area contributed by atoms with E-state index in [1.54, 1.807) is 0 Å². The van der Waals surface area contributed by atoms with E-state index in [0.29, 0.717) is 59.0 Å². The number of carbonyl (C=O) groups excluding carboxylic acids is 1. The smallest absolute Gasteiger partial charge is 0.151 e. The van der Waals surface area contributed by atoms with Gasteiger partial charge in [-0.05, 0) is 26.3 Å². The number of hydrogen-bond donors (Lipinski definition) is 2. The van der Waals surface area contributed by atoms with Crippen LogP contribution in [-0.2, 0) is 19.0 Å². The van der Waals surface area contributed by atoms with Crippen molar-refractivity contribution in [2.75, 3.05) is 46.2 Å². The lowest BCUT2D eigenvalue weighted by atomic mass is 10.0. The SMILES string of the molecule is CCOCCOCCOCCC(=O)[C@@H](N)CCCCN. The first-order chi connectivity index (χ1) is 9.72. The average Bonchev–Trinajstić information content (AvgIpc) is 2.45. The van der Waals surface area contributed by atoms with Crippen LogP contribution >= 0.6 is 0 Å². The quantitative estimate of drug-likeness (QED) is 0.426. The Morgan fingerprint density at radius 1 is 1.00 bits per heavy atom. The van der Waals surface area contributed by atoms with Crippen molar-refractivity contribution in [3.8, 4) is 0 Å². The van der Waals surface area contributed by atoms with Gasteiger partial charge in [-0.3, -0.25) is 4.79 Å². The van der Waals surface area contributed by atoms with Crippen molar-refractivity contribution < 1.29 is 19.0 Å². The zero-order valence-corrected chi connectivity index (χ0v) is 12.6. The Balaban J connectivity index is 3.30. The van der Waals surface area contributed by atoms with Gasteiger partial charge in [0.05, 0.1) is 39.1 Å². The van der Waals surface area contributed by atoms with Crippen LogP contribution in [0.3, 0.4) is 0 Å². The highest BCUT2D eigenvalue weighted by Crippen LogP contribution is 2.01. The molecule has 0 aromatic heterocycles. The summed E-state index contributed by atoms with van der Waals surface area (Å²) in [5.74, 6) is 0.0549. The first-order valence-electron chi connectivity index (χ1n) is 7.44. The maximum Gasteiger partial charge on any atom is 0.151 e. The van der Waals surface area contributed by atoms with Crippen LogP contribution in [-0.4, -0.2) is 58.0 Å². The first-order valence-corrected chi connectivity index (χ1v) is 7.44. The number of unbranched alkanes of at least 4 members (excludes halogenated alkanes) is 1. The molecule has 0 fully saturated rings. The molecule has 0 amide bonds. The molecule has 0 aliphatic heterocycles. The van der Waals surface area contributed by atoms with Gasteiger partial charge < -0.3 is 25.7 Å². The molecule has 6 heteroatoms. The average molecular weight is 290 g/mol. The number of Topliss-reactive ketones (excluding diaryl/α,β-unsaturated/α-hetero) is 1. The van der Waals surface area contributed by atoms with Crippen molar-refractivity contribution in [1.29, 1.82) is 0 Å². The molecular formula is C14H30N2O4. The lowest BCUT2D eigenvalue weighted by Gasteiger charge is -2.10. The molecule has 6 nitrogen and oxygen atoms in total. The Labute approximate surface area is 122 Å². The summed E-state index contributed by atoms with van der Waals surface area (Å²) in [5, 5.41) is 0. The van der Waals surface area contributed by atoms with Crippen molar-refractivity contribution >= 4 is 5.78 Å². The second kappa shape index (κ2) is 14.9. The minimum absolute atomic E-state index is 0.0549. The molecule has 0 aromatic carbocycles. The summed E-state index contributed by atoms with van der Waals surface area (Å²) in [6, 6.07) is -0.382. The van der Waals surface area contributed by atoms with Gasteiger partial charge in [0.25, 0.3) is 0 Å². The van der Waals surface area contributed by atoms with Crippen LogP contribution in [0, 0.1) is 0 Å². The molecule has 0 radical (unpaired) electrons. The zero-order valence-electron chi connectivity index (χ0n) is 12.6. The largest absolute Gasteiger partial charge is 0.379 e. The molecule has 0 bridgehead atoms. The summed E-state index contributed by atoms with van der Waals surface area (Å²) in [6.07, 6.45) is 2.88. The molecular weight excluding hydrogens is 260 g/mol. The number of ether oxygens (including phenoxy) is 3. The van der Waals surface area contributed by atoms with Gasteiger partial charge in [-0.15, -0.1) is 0 Å². The van der Waals surface area contributed by atoms with Gasteiger partial charge in [0.15, 0.2) is 5.78 Å². The number of hydrogen-bond acceptors (Lipinski definition) is 6. The van der Waals surface area contributed by atoms with Crippen molar-refractivity contribution in [1.82, 2.24) is 0 Å². The summed E-state index contributed by atoms with van der Waals surface area (Å²) < 4.78 is 15.7. The maximum atomic E-state index is 11.7. The fourth-order valence-electron chi connectivity index (χ4n) is 1.61. The van der Waals surface area contributed by atoms with Crippen LogP contribution in [0.4, 0.5) is 0 Å². The molecule has 0 aliphatic carbocycles. The Kier molecular flexibility index (Phi) is 14.5. The fourth-order valence-corrected chi connectivity index (χ4v) is 1.61. The number of ketones is 1. The second-order valence-electron chi connectivity index (χ2n) is 4.53. The number of rotatable bonds is 15. The van der Waals surface area contributed by atoms with E-state index in [2.05, 4.69) is 0 Å². The Morgan fingerprint density at radius 3 is 2.20 bits per heavy atom. The summed E-state index contributed by atoms with van der Waals surface area (Å²) >= 11 is 0. The molecule has 0 spiro atoms. The second-order valence-corrected chi connectivity index (χ2v) is 4.53. The molecule has 120 valence electrons. The third-order valence-corrected chi connectivity index (χ3v) is 2.82. The topological polar surface area (TPSA) is 96.8 Å². The minimum Gasteiger partial charge on any atom is -0.379 e. The minimum atomic E-state index is -0.382. The van der Waals surface area contributed by atoms with Crippen LogP contribution < -0.4 is 11.5 Å². The van der Waals surface area contributed by atoms with E-state index >= 15 is 0 Å². The van der Waals surface area contributed by atoms with Gasteiger partial charge in [-0.1, -0.05) is 6.42 Å². The zero-order chi connectivity index (χ0) is 15.1. The Hall–Kier alpha value is -0.530. The molecule has 0 unspecified atom stereocenters. The van der Waals surface area contributed by atoms with Gasteiger partial charge >= 0.3 is 0 Å². The van der Waals surface area contributed by atoms with Gasteiger partial charge in [0, 0.05) is 13.0 Å². The predicted molar refractivity (Wildman–Crippen MR) is 78.6 cm³/mol. The summed E-state index contributed by atoms with van der Waals surface area (Å²) in [5.41, 5.74) is 11.2. The lowest BCUT2D eigenvalue weighted by Crippen LogP contribution is -2.31. The predicted octanol–water partition coefficient (Wildman–Crippen LogP) is 0.472. The highest BCUT2D eigenvalue weighted by molar-refractivity contribution is 5.83. The molecule has 1 atom stereocenters. The van der Waals surface area contributed by atoms with E-state index in [1.165, 1.54) is 0 Å². The summed E-state index contributed by atoms with van der Waals surface area (Å²) in [7, 11) is 0. The van der Waals surface area contributed by atoms with Crippen LogP contribution in [0.25, 0.3) is 0 Å². The first kappa shape index (κ1) is 19.5. The molecule has 4 N–H and O–H groups in total. The molecule has 20 heavy (non-hydrogen) atoms. The monoisotopic (exact) mass is 290 g/mol. The molecule has 0 heterocycles. The highest BCUT2D eigenvalue weighted by Gasteiger charge is 2.12. The van der Waals surface area contributed by atoms with Crippen LogP contribution in [0.1, 0.15) is 32.6 Å². The van der Waals surface area contributed by atoms with E-state index in [1.807, 2.05) is 6.92 Å². The fraction of sp³-hybridized carbons (Fsp3) is 0.929. The number of nitrogens with two attached hydrogens (primary N) is 2. The Bertz CT molecular complexity index is 227. The van der Waals surface area contributed by atoms with Gasteiger partial charge in [-0.25, -0.2) is 0 Å². The van der Waals surface area contributed by atoms with E-state index in [4.69, 9.17) is 25.7 Å². The van der Waals surface area contributed by atoms with Crippen molar-refractivity contribution in [3.63, 3.8) is 0 Å². The standard InChI is InChI=1S/C14H30N2O4/c1-2-18-9-10-20-12-11-19-8-6-14(17)13(16)5-3-4-7-15/h13H,2-12,15-16H2,1H3/t13-/m0/s1. The summed E-state index contributed by atoms with van der Waals surface area (Å²) in [4.78, 5) is 11.7. The van der Waals surface area contributed by atoms with Crippen LogP contribution in [0.2, 0.25) is 0 Å². The van der Waals surface area contributed by atoms with Crippen molar-refractivity contribution in [3.05, 3.63) is 0 Å². The Morgan fingerprint density at radius 2 is 1.60 bits per heavy atom. The highest BCUT2D eigenvalue weighted by atomic mass is 16.5. The van der Waals surface area contributed by atoms with Gasteiger partial charge in [0.1, 0.15) is 0 Å². The molecule has 0 rings (SSSR count). The van der Waals surface area contributed by atoms with Crippen LogP contribution in [0.5, 0.6) is 0 Å². The molecule has 0 saturated carbocycles. The van der Waals surface area contributed by atoms with Crippen molar-refractivity contribution in [2.24, 2.45) is 11.5 Å². The van der Waals surface area contributed by atoms with Gasteiger partial charge in [0.2, 0.25) is 0 Å². The third kappa shape index (κ3) is 12.5. The maximum absolute atomic E-state index is 11.7. The van der Waals surface area contributed by atoms with E-state index in [9.17, 15) is 4.79 Å². The van der Waals surface area contributed by atoms with Crippen LogP contribution in [0.15, 0.2) is 0 Å². The number of carbonyl (C=O) groups is 1. The van der Waals surface area contributed by atoms with E-state index < -0.39 is 0 Å².